The van der Waals surface area contributed by atoms with Gasteiger partial charge in [-0.2, -0.15) is 58.6 Å². The number of rotatable bonds is 21. The van der Waals surface area contributed by atoms with E-state index in [0.29, 0.717) is 5.69 Å². The number of nitrogens with one attached hydrogen (secondary N) is 7. The highest BCUT2D eigenvalue weighted by atomic mass is 35.5. The number of nitrogen functional groups attached to an aromatic ring is 1. The molecule has 0 bridgehead atoms. The number of aromatic amines is 5. The monoisotopic (exact) mass is 1370 g/mol. The van der Waals surface area contributed by atoms with Crippen molar-refractivity contribution in [3.63, 3.8) is 0 Å². The van der Waals surface area contributed by atoms with Crippen LogP contribution in [0.15, 0.2) is 154 Å². The van der Waals surface area contributed by atoms with Gasteiger partial charge >= 0.3 is 20.8 Å². The maximum atomic E-state index is 13.3. The van der Waals surface area contributed by atoms with Crippen molar-refractivity contribution in [1.29, 1.82) is 0 Å². The van der Waals surface area contributed by atoms with Crippen LogP contribution in [0.3, 0.4) is 0 Å². The largest absolute Gasteiger partial charge is 0.399 e. The summed E-state index contributed by atoms with van der Waals surface area (Å²) in [6.45, 7) is -1.72. The highest BCUT2D eigenvalue weighted by Crippen LogP contribution is 2.30. The van der Waals surface area contributed by atoms with Crippen LogP contribution in [0.5, 0.6) is 0 Å². The van der Waals surface area contributed by atoms with Gasteiger partial charge in [-0.1, -0.05) is 0 Å². The second kappa shape index (κ2) is 26.3. The molecule has 0 unspecified atom stereocenters. The van der Waals surface area contributed by atoms with Gasteiger partial charge in [0.15, 0.2) is 19.7 Å². The highest BCUT2D eigenvalue weighted by molar-refractivity contribution is 7.91. The number of carbonyl (C=O) groups excluding carboxylic acids is 1. The van der Waals surface area contributed by atoms with Crippen molar-refractivity contribution >= 4 is 142 Å². The van der Waals surface area contributed by atoms with E-state index in [1.165, 1.54) is 60.7 Å². The lowest BCUT2D eigenvalue weighted by molar-refractivity contribution is 0.0996. The van der Waals surface area contributed by atoms with E-state index in [0.717, 1.165) is 48.5 Å². The number of benzene rings is 5. The molecule has 5 aromatic carbocycles. The van der Waals surface area contributed by atoms with E-state index in [1.807, 2.05) is 0 Å². The molecule has 0 fully saturated rings. The average molecular weight is 1370 g/mol. The van der Waals surface area contributed by atoms with Crippen molar-refractivity contribution in [3.05, 3.63) is 153 Å². The summed E-state index contributed by atoms with van der Waals surface area (Å²) in [5.74, 6) is -2.93. The molecule has 0 spiro atoms. The number of hydrogen-bond acceptors (Lipinski definition) is 26. The molecule has 0 aliphatic heterocycles. The molecule has 464 valence electrons. The Bertz CT molecular complexity index is 4860. The average Bonchev–Trinajstić information content (AvgIpc) is 1.34. The van der Waals surface area contributed by atoms with Gasteiger partial charge in [0.1, 0.15) is 9.79 Å². The van der Waals surface area contributed by atoms with Crippen LogP contribution in [0.25, 0.3) is 0 Å². The van der Waals surface area contributed by atoms with E-state index in [-0.39, 0.29) is 88.7 Å². The molecule has 44 heteroatoms. The third-order valence-electron chi connectivity index (χ3n) is 10.8. The van der Waals surface area contributed by atoms with Gasteiger partial charge in [0.25, 0.3) is 26.1 Å². The normalized spacial score (nSPS) is 13.4. The number of amides is 1. The lowest BCUT2D eigenvalue weighted by Crippen LogP contribution is -2.37. The number of anilines is 5. The summed E-state index contributed by atoms with van der Waals surface area (Å²) < 4.78 is 192. The van der Waals surface area contributed by atoms with Gasteiger partial charge < -0.3 is 16.4 Å². The second-order valence-corrected chi connectivity index (χ2v) is 27.1. The molecule has 3 aromatic heterocycles. The molecule has 0 saturated heterocycles. The van der Waals surface area contributed by atoms with Gasteiger partial charge in [-0.3, -0.25) is 47.9 Å². The van der Waals surface area contributed by atoms with Crippen molar-refractivity contribution in [1.82, 2.24) is 44.9 Å². The molecule has 1 amide bonds. The summed E-state index contributed by atoms with van der Waals surface area (Å²) in [6.07, 6.45) is 0. The predicted octanol–water partition coefficient (Wildman–Crippen LogP) is 1.63. The summed E-state index contributed by atoms with van der Waals surface area (Å²) in [5.41, 5.74) is 3.46. The fraction of sp³-hybridized carbons (Fsp3) is 0.0909. The fourth-order valence-electron chi connectivity index (χ4n) is 7.05. The van der Waals surface area contributed by atoms with Crippen LogP contribution in [0.2, 0.25) is 10.6 Å². The fourth-order valence-corrected chi connectivity index (χ4v) is 11.7. The van der Waals surface area contributed by atoms with E-state index in [9.17, 15) is 64.4 Å². The zero-order chi connectivity index (χ0) is 64.0. The third-order valence-corrected chi connectivity index (χ3v) is 17.3. The first kappa shape index (κ1) is 65.2. The number of nitrogens with zero attached hydrogens (tertiary/aromatic N) is 9. The molecular formula is C44H39Cl2N17O19S6. The molecule has 0 aliphatic rings. The maximum absolute atomic E-state index is 13.3. The Labute approximate surface area is 504 Å². The van der Waals surface area contributed by atoms with Crippen molar-refractivity contribution < 1.29 is 81.9 Å². The molecule has 8 rings (SSSR count). The smallest absolute Gasteiger partial charge is 0.397 e. The number of H-pyrrole nitrogens is 5. The number of halogens is 2. The van der Waals surface area contributed by atoms with Crippen LogP contribution in [0.4, 0.5) is 51.7 Å². The Morgan fingerprint density at radius 2 is 0.886 bits per heavy atom. The molecule has 0 aliphatic carbocycles. The highest BCUT2D eigenvalue weighted by Gasteiger charge is 2.21. The molecule has 3 heterocycles. The maximum Gasteiger partial charge on any atom is 0.397 e. The summed E-state index contributed by atoms with van der Waals surface area (Å²) in [5, 5.41) is 4.82. The number of carbonyl (C=O) groups is 1. The van der Waals surface area contributed by atoms with Crippen LogP contribution in [-0.4, -0.2) is 144 Å². The van der Waals surface area contributed by atoms with E-state index in [4.69, 9.17) is 38.0 Å². The Balaban J connectivity index is 1.12. The van der Waals surface area contributed by atoms with Crippen LogP contribution in [-0.2, 0) is 69.1 Å². The van der Waals surface area contributed by atoms with Crippen molar-refractivity contribution in [2.75, 3.05) is 41.1 Å². The number of aromatic nitrogens is 9. The molecule has 13 N–H and O–H groups in total. The van der Waals surface area contributed by atoms with E-state index >= 15 is 0 Å². The summed E-state index contributed by atoms with van der Waals surface area (Å²) in [4.78, 5) is 61.6. The second-order valence-electron chi connectivity index (χ2n) is 17.2. The summed E-state index contributed by atoms with van der Waals surface area (Å²) in [6, 6.07) is 21.8. The van der Waals surface area contributed by atoms with Crippen molar-refractivity contribution in [2.24, 2.45) is 25.0 Å². The zero-order valence-corrected chi connectivity index (χ0v) is 49.9. The molecule has 8 aromatic rings. The van der Waals surface area contributed by atoms with Gasteiger partial charge in [-0.05, 0) is 132 Å². The van der Waals surface area contributed by atoms with Gasteiger partial charge in [0.05, 0.1) is 57.3 Å². The van der Waals surface area contributed by atoms with Crippen molar-refractivity contribution in [2.45, 2.75) is 19.6 Å². The molecular weight excluding hydrogens is 1330 g/mol. The molecule has 0 saturated carbocycles. The van der Waals surface area contributed by atoms with E-state index in [1.54, 1.807) is 0 Å². The topological polar surface area (TPSA) is 564 Å². The Morgan fingerprint density at radius 1 is 0.500 bits per heavy atom. The molecule has 36 nitrogen and oxygen atoms in total. The van der Waals surface area contributed by atoms with Crippen LogP contribution in [0, 0.1) is 0 Å². The van der Waals surface area contributed by atoms with Crippen LogP contribution in [0.1, 0.15) is 10.4 Å². The standard InChI is InChI=1S/C44H39Cl2N17O19S6/c45-36-55-38(48-25-5-11-29(12-6-25)83(65,66)19-17-81-87(75,76)77)59-42(57-36)52-31-15-9-27(21-33(31)85(69,70)71)50-40-61-41(63-44(62-40)54-35(64)23-1-3-24(47)4-2-23)51-28-10-16-32(34(22-28)86(72,73)74)53-43-58-37(46)56-39(60-43)49-26-7-13-30(14-8-26)84(67,68)20-18-82-88(78,79)80/h1-16,21-22H,17-20,47H2,(H,69,70,71)(H,72,73,74)(H,75,76,77)(H,78,79,80)(H2,48,52,55,57,59)(H2,49,53,56,58,60)(H3,50,51,54,61,62,63,64). The van der Waals surface area contributed by atoms with Crippen molar-refractivity contribution in [3.8, 4) is 0 Å². The summed E-state index contributed by atoms with van der Waals surface area (Å²) >= 11 is 12.4. The van der Waals surface area contributed by atoms with Gasteiger partial charge in [-0.15, -0.1) is 0 Å². The molecule has 0 atom stereocenters. The first-order chi connectivity index (χ1) is 41.1. The third kappa shape index (κ3) is 18.6. The minimum atomic E-state index is -5.15. The van der Waals surface area contributed by atoms with Gasteiger partial charge in [0.2, 0.25) is 50.6 Å². The van der Waals surface area contributed by atoms with Crippen LogP contribution >= 0.6 is 23.2 Å². The van der Waals surface area contributed by atoms with Gasteiger partial charge in [0, 0.05) is 22.6 Å². The van der Waals surface area contributed by atoms with Gasteiger partial charge in [-0.25, -0.2) is 45.2 Å². The quantitative estimate of drug-likeness (QED) is 0.0359. The zero-order valence-electron chi connectivity index (χ0n) is 43.4. The Kier molecular flexibility index (Phi) is 19.5. The SMILES string of the molecule is Nc1ccc(C(=O)N=c2[nH]c(=Nc3ccc(N=c4nc(Nc5ccc(S(=O)(=O)CCOS(=O)(=O)O)cc5)nc(Cl)[nH]4)c(S(=O)(=O)O)c3)[nH]c(=Nc3ccc(N=c4nc(Nc5ccc(S(=O)(=O)CCOS(=O)(=O)O)cc5)nc(Cl)[nH]4)c(S(=O)(=O)O)c3)[nH]2)cc1. The molecule has 88 heavy (non-hydrogen) atoms. The van der Waals surface area contributed by atoms with Crippen LogP contribution < -0.4 is 44.5 Å². The molecule has 0 radical (unpaired) electrons. The lowest BCUT2D eigenvalue weighted by atomic mass is 10.2. The van der Waals surface area contributed by atoms with E-state index in [2.05, 4.69) is 88.8 Å². The first-order valence-electron chi connectivity index (χ1n) is 23.6. The first-order valence-corrected chi connectivity index (χ1v) is 33.3. The minimum Gasteiger partial charge on any atom is -0.399 e. The number of hydrogen-bond donors (Lipinski definition) is 12. The lowest BCUT2D eigenvalue weighted by Gasteiger charge is -2.08. The Hall–Kier alpha value is -8.76. The number of sulfone groups is 2. The minimum absolute atomic E-state index is 0.0625. The predicted molar refractivity (Wildman–Crippen MR) is 305 cm³/mol. The number of nitrogens with two attached hydrogens (primary N) is 1. The Morgan fingerprint density at radius 3 is 1.26 bits per heavy atom. The summed E-state index contributed by atoms with van der Waals surface area (Å²) in [7, 11) is -28.2. The van der Waals surface area contributed by atoms with E-state index < -0.39 is 113 Å².